The lowest BCUT2D eigenvalue weighted by atomic mass is 10.1. The third kappa shape index (κ3) is 4.07. The van der Waals surface area contributed by atoms with Crippen LogP contribution in [0.25, 0.3) is 10.9 Å². The Morgan fingerprint density at radius 2 is 1.78 bits per heavy atom. The molecule has 1 aliphatic heterocycles. The molecule has 0 radical (unpaired) electrons. The highest BCUT2D eigenvalue weighted by Gasteiger charge is 2.23. The van der Waals surface area contributed by atoms with Gasteiger partial charge in [0.15, 0.2) is 0 Å². The number of fused-ring (bicyclic) bond motifs is 2. The molecule has 0 unspecified atom stereocenters. The highest BCUT2D eigenvalue weighted by atomic mass is 16.5. The summed E-state index contributed by atoms with van der Waals surface area (Å²) in [7, 11) is 1.63. The number of nitrogens with zero attached hydrogens (tertiary/aromatic N) is 6. The topological polar surface area (TPSA) is 76.4 Å². The van der Waals surface area contributed by atoms with E-state index in [4.69, 9.17) is 4.74 Å². The highest BCUT2D eigenvalue weighted by molar-refractivity contribution is 5.81. The Labute approximate surface area is 187 Å². The number of ether oxygens (including phenoxy) is 1. The van der Waals surface area contributed by atoms with Gasteiger partial charge < -0.3 is 14.5 Å². The Morgan fingerprint density at radius 3 is 2.62 bits per heavy atom. The van der Waals surface area contributed by atoms with Crippen molar-refractivity contribution in [2.75, 3.05) is 49.7 Å². The quantitative estimate of drug-likeness (QED) is 0.571. The van der Waals surface area contributed by atoms with Crippen LogP contribution in [-0.2, 0) is 24.1 Å². The molecule has 0 saturated carbocycles. The minimum absolute atomic E-state index is 0.0205. The lowest BCUT2D eigenvalue weighted by Crippen LogP contribution is -2.47. The fourth-order valence-electron chi connectivity index (χ4n) is 4.82. The fourth-order valence-corrected chi connectivity index (χ4v) is 4.82. The van der Waals surface area contributed by atoms with Crippen LogP contribution in [0.3, 0.4) is 0 Å². The Balaban J connectivity index is 1.32. The molecule has 1 aliphatic carbocycles. The van der Waals surface area contributed by atoms with Gasteiger partial charge in [0, 0.05) is 50.2 Å². The van der Waals surface area contributed by atoms with E-state index in [2.05, 4.69) is 24.8 Å². The summed E-state index contributed by atoms with van der Waals surface area (Å²) >= 11 is 0. The Morgan fingerprint density at radius 1 is 0.969 bits per heavy atom. The molecule has 3 aromatic rings. The van der Waals surface area contributed by atoms with Crippen molar-refractivity contribution in [2.24, 2.45) is 0 Å². The maximum Gasteiger partial charge on any atom is 0.261 e. The molecule has 0 bridgehead atoms. The van der Waals surface area contributed by atoms with Crippen LogP contribution in [0.5, 0.6) is 0 Å². The fraction of sp³-hybridized carbons (Fsp3) is 0.500. The molecular weight excluding hydrogens is 404 g/mol. The second-order valence-corrected chi connectivity index (χ2v) is 8.59. The SMILES string of the molecule is COCCn1cnc2cc(N3CCN(c4ncnc5c4CCCCC5)CC3)ccc2c1=O. The van der Waals surface area contributed by atoms with E-state index >= 15 is 0 Å². The molecule has 3 heterocycles. The molecule has 0 amide bonds. The van der Waals surface area contributed by atoms with Gasteiger partial charge in [0.25, 0.3) is 5.56 Å². The first-order chi connectivity index (χ1) is 15.7. The van der Waals surface area contributed by atoms with Crippen molar-refractivity contribution in [3.8, 4) is 0 Å². The zero-order chi connectivity index (χ0) is 21.9. The van der Waals surface area contributed by atoms with Gasteiger partial charge in [-0.1, -0.05) is 6.42 Å². The first kappa shape index (κ1) is 20.9. The number of anilines is 2. The zero-order valence-corrected chi connectivity index (χ0v) is 18.7. The minimum atomic E-state index is -0.0205. The van der Waals surface area contributed by atoms with E-state index in [1.807, 2.05) is 18.2 Å². The first-order valence-electron chi connectivity index (χ1n) is 11.6. The maximum absolute atomic E-state index is 12.7. The first-order valence-corrected chi connectivity index (χ1v) is 11.6. The van der Waals surface area contributed by atoms with Gasteiger partial charge in [-0.25, -0.2) is 15.0 Å². The molecule has 1 saturated heterocycles. The second-order valence-electron chi connectivity index (χ2n) is 8.59. The van der Waals surface area contributed by atoms with Gasteiger partial charge in [-0.3, -0.25) is 9.36 Å². The average molecular weight is 435 g/mol. The number of methoxy groups -OCH3 is 1. The van der Waals surface area contributed by atoms with Gasteiger partial charge in [-0.15, -0.1) is 0 Å². The minimum Gasteiger partial charge on any atom is -0.383 e. The van der Waals surface area contributed by atoms with Crippen molar-refractivity contribution in [3.05, 3.63) is 52.5 Å². The van der Waals surface area contributed by atoms with Crippen LogP contribution >= 0.6 is 0 Å². The van der Waals surface area contributed by atoms with E-state index in [0.717, 1.165) is 56.0 Å². The van der Waals surface area contributed by atoms with E-state index in [1.165, 1.54) is 30.5 Å². The molecule has 168 valence electrons. The third-order valence-corrected chi connectivity index (χ3v) is 6.64. The summed E-state index contributed by atoms with van der Waals surface area (Å²) in [4.78, 5) is 31.2. The number of hydrogen-bond donors (Lipinski definition) is 0. The normalized spacial score (nSPS) is 16.8. The van der Waals surface area contributed by atoms with Crippen molar-refractivity contribution in [1.29, 1.82) is 0 Å². The largest absolute Gasteiger partial charge is 0.383 e. The summed E-state index contributed by atoms with van der Waals surface area (Å²) in [6, 6.07) is 5.97. The summed E-state index contributed by atoms with van der Waals surface area (Å²) in [5.74, 6) is 1.13. The van der Waals surface area contributed by atoms with Crippen LogP contribution in [0, 0.1) is 0 Å². The van der Waals surface area contributed by atoms with Crippen molar-refractivity contribution >= 4 is 22.4 Å². The van der Waals surface area contributed by atoms with Crippen LogP contribution in [0.1, 0.15) is 30.5 Å². The number of aryl methyl sites for hydroxylation is 1. The number of piperazine rings is 1. The van der Waals surface area contributed by atoms with Crippen molar-refractivity contribution in [3.63, 3.8) is 0 Å². The van der Waals surface area contributed by atoms with Gasteiger partial charge in [-0.2, -0.15) is 0 Å². The maximum atomic E-state index is 12.7. The summed E-state index contributed by atoms with van der Waals surface area (Å²) in [6.07, 6.45) is 9.24. The Kier molecular flexibility index (Phi) is 6.03. The summed E-state index contributed by atoms with van der Waals surface area (Å²) < 4.78 is 6.69. The molecule has 0 atom stereocenters. The Bertz CT molecular complexity index is 1150. The number of rotatable bonds is 5. The molecule has 32 heavy (non-hydrogen) atoms. The molecule has 2 aromatic heterocycles. The molecule has 2 aliphatic rings. The average Bonchev–Trinajstić information content (AvgIpc) is 3.09. The van der Waals surface area contributed by atoms with Gasteiger partial charge in [0.2, 0.25) is 0 Å². The number of benzene rings is 1. The number of aromatic nitrogens is 4. The standard InChI is InChI=1S/C24H30N6O2/c1-32-14-13-30-17-27-22-15-18(7-8-20(22)24(30)31)28-9-11-29(12-10-28)23-19-5-3-2-4-6-21(19)25-16-26-23/h7-8,15-17H,2-6,9-14H2,1H3. The van der Waals surface area contributed by atoms with Crippen LogP contribution in [0.2, 0.25) is 0 Å². The lowest BCUT2D eigenvalue weighted by molar-refractivity contribution is 0.186. The highest BCUT2D eigenvalue weighted by Crippen LogP contribution is 2.28. The van der Waals surface area contributed by atoms with Crippen LogP contribution in [-0.4, -0.2) is 59.4 Å². The molecule has 0 spiro atoms. The van der Waals surface area contributed by atoms with E-state index in [0.29, 0.717) is 18.5 Å². The van der Waals surface area contributed by atoms with Crippen LogP contribution in [0.4, 0.5) is 11.5 Å². The van der Waals surface area contributed by atoms with Gasteiger partial charge in [0.05, 0.1) is 30.4 Å². The van der Waals surface area contributed by atoms with E-state index in [1.54, 1.807) is 24.3 Å². The molecular formula is C24H30N6O2. The lowest BCUT2D eigenvalue weighted by Gasteiger charge is -2.37. The molecule has 5 rings (SSSR count). The predicted octanol–water partition coefficient (Wildman–Crippen LogP) is 2.43. The van der Waals surface area contributed by atoms with E-state index in [-0.39, 0.29) is 5.56 Å². The molecule has 1 aromatic carbocycles. The summed E-state index contributed by atoms with van der Waals surface area (Å²) in [5.41, 5.74) is 4.43. The smallest absolute Gasteiger partial charge is 0.261 e. The molecule has 8 nitrogen and oxygen atoms in total. The third-order valence-electron chi connectivity index (χ3n) is 6.64. The van der Waals surface area contributed by atoms with Crippen molar-refractivity contribution in [2.45, 2.75) is 38.6 Å². The second kappa shape index (κ2) is 9.24. The molecule has 0 N–H and O–H groups in total. The van der Waals surface area contributed by atoms with Gasteiger partial charge in [-0.05, 0) is 43.9 Å². The van der Waals surface area contributed by atoms with Crippen molar-refractivity contribution < 1.29 is 4.74 Å². The zero-order valence-electron chi connectivity index (χ0n) is 18.7. The van der Waals surface area contributed by atoms with E-state index in [9.17, 15) is 4.79 Å². The Hall–Kier alpha value is -3.00. The van der Waals surface area contributed by atoms with Crippen molar-refractivity contribution in [1.82, 2.24) is 19.5 Å². The molecule has 8 heteroatoms. The number of hydrogen-bond acceptors (Lipinski definition) is 7. The predicted molar refractivity (Wildman–Crippen MR) is 126 cm³/mol. The molecule has 1 fully saturated rings. The summed E-state index contributed by atoms with van der Waals surface area (Å²) in [6.45, 7) is 4.67. The van der Waals surface area contributed by atoms with Crippen LogP contribution < -0.4 is 15.4 Å². The summed E-state index contributed by atoms with van der Waals surface area (Å²) in [5, 5.41) is 0.648. The van der Waals surface area contributed by atoms with E-state index < -0.39 is 0 Å². The monoisotopic (exact) mass is 434 g/mol. The van der Waals surface area contributed by atoms with Gasteiger partial charge >= 0.3 is 0 Å². The van der Waals surface area contributed by atoms with Gasteiger partial charge in [0.1, 0.15) is 12.1 Å². The van der Waals surface area contributed by atoms with Crippen LogP contribution in [0.15, 0.2) is 35.6 Å².